The van der Waals surface area contributed by atoms with E-state index in [2.05, 4.69) is 15.1 Å². The van der Waals surface area contributed by atoms with Gasteiger partial charge < -0.3 is 23.8 Å². The summed E-state index contributed by atoms with van der Waals surface area (Å²) in [5.74, 6) is 0.906. The van der Waals surface area contributed by atoms with Gasteiger partial charge in [0.25, 0.3) is 0 Å². The molecule has 0 bridgehead atoms. The Kier molecular flexibility index (Phi) is 6.22. The van der Waals surface area contributed by atoms with Crippen LogP contribution in [0.3, 0.4) is 0 Å². The normalized spacial score (nSPS) is 16.8. The lowest BCUT2D eigenvalue weighted by Gasteiger charge is -2.35. The van der Waals surface area contributed by atoms with Crippen molar-refractivity contribution in [3.63, 3.8) is 0 Å². The van der Waals surface area contributed by atoms with Crippen molar-refractivity contribution in [3.05, 3.63) is 48.2 Å². The first-order valence-electron chi connectivity index (χ1n) is 9.91. The second-order valence-electron chi connectivity index (χ2n) is 7.23. The molecule has 1 fully saturated rings. The number of benzene rings is 2. The van der Waals surface area contributed by atoms with Crippen molar-refractivity contribution in [2.75, 3.05) is 45.4 Å². The minimum absolute atomic E-state index is 0.00783. The van der Waals surface area contributed by atoms with E-state index in [9.17, 15) is 13.2 Å². The number of nitrogens with zero attached hydrogens (tertiary/aromatic N) is 3. The average molecular weight is 449 g/mol. The molecule has 1 aliphatic rings. The van der Waals surface area contributed by atoms with Crippen LogP contribution in [0.5, 0.6) is 17.2 Å². The Hall–Kier alpha value is -3.27. The molecule has 2 aromatic carbocycles. The van der Waals surface area contributed by atoms with E-state index < -0.39 is 12.8 Å². The highest BCUT2D eigenvalue weighted by Gasteiger charge is 2.29. The molecule has 1 atom stereocenters. The molecule has 0 unspecified atom stereocenters. The Labute approximate surface area is 182 Å². The molecule has 0 aliphatic carbocycles. The second-order valence-corrected chi connectivity index (χ2v) is 7.23. The van der Waals surface area contributed by atoms with Crippen molar-refractivity contribution >= 4 is 16.6 Å². The van der Waals surface area contributed by atoms with Gasteiger partial charge in [-0.1, -0.05) is 12.1 Å². The summed E-state index contributed by atoms with van der Waals surface area (Å²) in [6, 6.07) is 10.7. The van der Waals surface area contributed by atoms with Crippen LogP contribution in [0.1, 0.15) is 11.7 Å². The molecule has 7 nitrogen and oxygen atoms in total. The van der Waals surface area contributed by atoms with Crippen molar-refractivity contribution in [3.8, 4) is 17.2 Å². The van der Waals surface area contributed by atoms with Crippen molar-refractivity contribution < 1.29 is 32.1 Å². The summed E-state index contributed by atoms with van der Waals surface area (Å²) in [5, 5.41) is 8.80. The Morgan fingerprint density at radius 1 is 1.09 bits per heavy atom. The Morgan fingerprint density at radius 3 is 2.56 bits per heavy atom. The van der Waals surface area contributed by atoms with Crippen LogP contribution in [0.25, 0.3) is 10.9 Å². The number of hydrogen-bond acceptors (Lipinski definition) is 7. The molecule has 0 radical (unpaired) electrons. The van der Waals surface area contributed by atoms with Gasteiger partial charge >= 0.3 is 6.18 Å². The standard InChI is InChI=1S/C22H22F3N3O4/c1-29-15-5-3-14(4-6-15)21-12-28(7-8-31-21)18-11-26-27-17-10-19(30-2)20(9-16(17)18)32-13-22(23,24)25/h3-6,9-11,21H,7-8,12-13H2,1-2H3/t21-/m1/s1. The van der Waals surface area contributed by atoms with Crippen LogP contribution in [0.4, 0.5) is 18.9 Å². The smallest absolute Gasteiger partial charge is 0.422 e. The highest BCUT2D eigenvalue weighted by Crippen LogP contribution is 2.37. The van der Waals surface area contributed by atoms with E-state index in [1.165, 1.54) is 19.2 Å². The van der Waals surface area contributed by atoms with E-state index in [0.717, 1.165) is 17.0 Å². The molecule has 1 saturated heterocycles. The summed E-state index contributed by atoms with van der Waals surface area (Å²) >= 11 is 0. The first kappa shape index (κ1) is 21.9. The van der Waals surface area contributed by atoms with Gasteiger partial charge in [0, 0.05) is 24.5 Å². The topological polar surface area (TPSA) is 65.9 Å². The molecule has 1 aliphatic heterocycles. The predicted octanol–water partition coefficient (Wildman–Crippen LogP) is 4.17. The molecule has 32 heavy (non-hydrogen) atoms. The summed E-state index contributed by atoms with van der Waals surface area (Å²) in [6.07, 6.45) is -3.05. The van der Waals surface area contributed by atoms with E-state index in [1.807, 2.05) is 24.3 Å². The number of anilines is 1. The zero-order valence-electron chi connectivity index (χ0n) is 17.6. The Bertz CT molecular complexity index is 1080. The van der Waals surface area contributed by atoms with E-state index >= 15 is 0 Å². The van der Waals surface area contributed by atoms with E-state index in [-0.39, 0.29) is 17.6 Å². The lowest BCUT2D eigenvalue weighted by atomic mass is 10.1. The highest BCUT2D eigenvalue weighted by molar-refractivity contribution is 5.93. The van der Waals surface area contributed by atoms with Gasteiger partial charge in [0.2, 0.25) is 0 Å². The van der Waals surface area contributed by atoms with Gasteiger partial charge in [0.15, 0.2) is 18.1 Å². The van der Waals surface area contributed by atoms with Gasteiger partial charge in [-0.3, -0.25) is 0 Å². The molecule has 0 saturated carbocycles. The third-order valence-corrected chi connectivity index (χ3v) is 5.19. The van der Waals surface area contributed by atoms with Crippen LogP contribution in [0.2, 0.25) is 0 Å². The van der Waals surface area contributed by atoms with Gasteiger partial charge in [0.05, 0.1) is 38.2 Å². The number of morpholine rings is 1. The number of fused-ring (bicyclic) bond motifs is 1. The molecule has 4 rings (SSSR count). The maximum absolute atomic E-state index is 12.7. The number of aromatic nitrogens is 2. The number of ether oxygens (including phenoxy) is 4. The van der Waals surface area contributed by atoms with Crippen molar-refractivity contribution in [2.24, 2.45) is 0 Å². The van der Waals surface area contributed by atoms with Crippen LogP contribution in [-0.4, -0.2) is 56.9 Å². The van der Waals surface area contributed by atoms with Crippen molar-refractivity contribution in [1.82, 2.24) is 10.2 Å². The molecule has 0 amide bonds. The summed E-state index contributed by atoms with van der Waals surface area (Å²) in [6.45, 7) is 0.198. The lowest BCUT2D eigenvalue weighted by Crippen LogP contribution is -2.38. The van der Waals surface area contributed by atoms with Crippen molar-refractivity contribution in [1.29, 1.82) is 0 Å². The highest BCUT2D eigenvalue weighted by atomic mass is 19.4. The summed E-state index contributed by atoms with van der Waals surface area (Å²) in [4.78, 5) is 2.08. The molecule has 3 aromatic rings. The molecule has 10 heteroatoms. The fourth-order valence-electron chi connectivity index (χ4n) is 3.62. The molecule has 0 N–H and O–H groups in total. The van der Waals surface area contributed by atoms with Gasteiger partial charge in [-0.2, -0.15) is 23.4 Å². The minimum atomic E-state index is -4.46. The minimum Gasteiger partial charge on any atom is -0.497 e. The monoisotopic (exact) mass is 449 g/mol. The first-order chi connectivity index (χ1) is 15.4. The SMILES string of the molecule is COc1ccc([C@H]2CN(c3cnnc4cc(OC)c(OCC(F)(F)F)cc34)CCO2)cc1. The third-order valence-electron chi connectivity index (χ3n) is 5.19. The van der Waals surface area contributed by atoms with Gasteiger partial charge in [0.1, 0.15) is 11.9 Å². The molecular formula is C22H22F3N3O4. The van der Waals surface area contributed by atoms with E-state index in [4.69, 9.17) is 18.9 Å². The zero-order chi connectivity index (χ0) is 22.7. The quantitative estimate of drug-likeness (QED) is 0.560. The number of halogens is 3. The van der Waals surface area contributed by atoms with E-state index in [1.54, 1.807) is 13.3 Å². The lowest BCUT2D eigenvalue weighted by molar-refractivity contribution is -0.153. The largest absolute Gasteiger partial charge is 0.497 e. The molecule has 2 heterocycles. The molecule has 170 valence electrons. The average Bonchev–Trinajstić information content (AvgIpc) is 2.81. The number of rotatable bonds is 6. The second kappa shape index (κ2) is 9.07. The van der Waals surface area contributed by atoms with Crippen LogP contribution in [0.15, 0.2) is 42.6 Å². The van der Waals surface area contributed by atoms with Gasteiger partial charge in [-0.15, -0.1) is 0 Å². The maximum Gasteiger partial charge on any atom is 0.422 e. The third kappa shape index (κ3) is 4.80. The van der Waals surface area contributed by atoms with Gasteiger partial charge in [-0.05, 0) is 23.8 Å². The van der Waals surface area contributed by atoms with Crippen molar-refractivity contribution in [2.45, 2.75) is 12.3 Å². The summed E-state index contributed by atoms with van der Waals surface area (Å²) in [5.41, 5.74) is 2.22. The maximum atomic E-state index is 12.7. The molecule has 0 spiro atoms. The fourth-order valence-corrected chi connectivity index (χ4v) is 3.62. The Morgan fingerprint density at radius 2 is 1.88 bits per heavy atom. The van der Waals surface area contributed by atoms with E-state index in [0.29, 0.717) is 30.6 Å². The van der Waals surface area contributed by atoms with Crippen LogP contribution in [0, 0.1) is 0 Å². The fraction of sp³-hybridized carbons (Fsp3) is 0.364. The number of methoxy groups -OCH3 is 2. The predicted molar refractivity (Wildman–Crippen MR) is 112 cm³/mol. The van der Waals surface area contributed by atoms with Crippen LogP contribution >= 0.6 is 0 Å². The number of hydrogen-bond donors (Lipinski definition) is 0. The van der Waals surface area contributed by atoms with Gasteiger partial charge in [-0.25, -0.2) is 0 Å². The molecule has 1 aromatic heterocycles. The Balaban J connectivity index is 1.65. The summed E-state index contributed by atoms with van der Waals surface area (Å²) < 4.78 is 59.4. The summed E-state index contributed by atoms with van der Waals surface area (Å²) in [7, 11) is 2.97. The molecular weight excluding hydrogens is 427 g/mol. The van der Waals surface area contributed by atoms with Crippen LogP contribution < -0.4 is 19.1 Å². The number of alkyl halides is 3. The first-order valence-corrected chi connectivity index (χ1v) is 9.91. The zero-order valence-corrected chi connectivity index (χ0v) is 17.6. The van der Waals surface area contributed by atoms with Crippen LogP contribution in [-0.2, 0) is 4.74 Å².